The minimum Gasteiger partial charge on any atom is -0.497 e. The molecule has 0 spiro atoms. The first-order chi connectivity index (χ1) is 9.28. The summed E-state index contributed by atoms with van der Waals surface area (Å²) in [7, 11) is 1.64. The Balaban J connectivity index is 1.86. The SMILES string of the molecule is COc1ccc([C@H]2N=C3CCCCC3C(=O)N2)cc1. The number of aliphatic imine (C=N–C) groups is 1. The first kappa shape index (κ1) is 12.2. The molecule has 0 aromatic heterocycles. The molecule has 1 aliphatic heterocycles. The molecular formula is C15H18N2O2. The van der Waals surface area contributed by atoms with E-state index in [-0.39, 0.29) is 18.0 Å². The summed E-state index contributed by atoms with van der Waals surface area (Å²) in [6.45, 7) is 0. The number of carbonyl (C=O) groups excluding carboxylic acids is 1. The number of nitrogens with zero attached hydrogens (tertiary/aromatic N) is 1. The minimum absolute atomic E-state index is 0.0169. The summed E-state index contributed by atoms with van der Waals surface area (Å²) in [5, 5.41) is 3.00. The molecule has 1 unspecified atom stereocenters. The van der Waals surface area contributed by atoms with E-state index in [1.54, 1.807) is 7.11 Å². The Kier molecular flexibility index (Phi) is 3.23. The highest BCUT2D eigenvalue weighted by Gasteiger charge is 2.33. The molecule has 1 aliphatic carbocycles. The summed E-state index contributed by atoms with van der Waals surface area (Å²) in [4.78, 5) is 16.8. The Labute approximate surface area is 112 Å². The molecule has 3 rings (SSSR count). The molecule has 0 radical (unpaired) electrons. The van der Waals surface area contributed by atoms with Crippen LogP contribution in [0.15, 0.2) is 29.3 Å². The van der Waals surface area contributed by atoms with E-state index in [4.69, 9.17) is 9.73 Å². The van der Waals surface area contributed by atoms with Crippen LogP contribution in [-0.4, -0.2) is 18.7 Å². The van der Waals surface area contributed by atoms with Crippen molar-refractivity contribution in [2.24, 2.45) is 10.9 Å². The normalized spacial score (nSPS) is 26.2. The fourth-order valence-electron chi connectivity index (χ4n) is 2.81. The number of ether oxygens (including phenoxy) is 1. The smallest absolute Gasteiger partial charge is 0.230 e. The van der Waals surface area contributed by atoms with Crippen LogP contribution in [0.2, 0.25) is 0 Å². The van der Waals surface area contributed by atoms with Crippen molar-refractivity contribution in [3.05, 3.63) is 29.8 Å². The summed E-state index contributed by atoms with van der Waals surface area (Å²) in [5.74, 6) is 0.961. The molecular weight excluding hydrogens is 240 g/mol. The van der Waals surface area contributed by atoms with E-state index >= 15 is 0 Å². The Morgan fingerprint density at radius 1 is 1.26 bits per heavy atom. The summed E-state index contributed by atoms with van der Waals surface area (Å²) in [5.41, 5.74) is 2.08. The number of carbonyl (C=O) groups is 1. The topological polar surface area (TPSA) is 50.7 Å². The third-order valence-corrected chi connectivity index (χ3v) is 3.90. The highest BCUT2D eigenvalue weighted by Crippen LogP contribution is 2.29. The lowest BCUT2D eigenvalue weighted by atomic mass is 9.85. The summed E-state index contributed by atoms with van der Waals surface area (Å²) in [6, 6.07) is 7.71. The van der Waals surface area contributed by atoms with Gasteiger partial charge in [-0.15, -0.1) is 0 Å². The molecule has 1 fully saturated rings. The van der Waals surface area contributed by atoms with E-state index in [0.717, 1.165) is 42.7 Å². The molecule has 100 valence electrons. The largest absolute Gasteiger partial charge is 0.497 e. The van der Waals surface area contributed by atoms with Crippen molar-refractivity contribution in [3.63, 3.8) is 0 Å². The highest BCUT2D eigenvalue weighted by atomic mass is 16.5. The second-order valence-corrected chi connectivity index (χ2v) is 5.10. The summed E-state index contributed by atoms with van der Waals surface area (Å²) < 4.78 is 5.14. The van der Waals surface area contributed by atoms with Crippen molar-refractivity contribution in [3.8, 4) is 5.75 Å². The average molecular weight is 258 g/mol. The molecule has 1 saturated carbocycles. The van der Waals surface area contributed by atoms with Gasteiger partial charge in [0.25, 0.3) is 0 Å². The number of methoxy groups -OCH3 is 1. The molecule has 1 aromatic rings. The standard InChI is InChI=1S/C15H18N2O2/c1-19-11-8-6-10(7-9-11)14-16-13-5-3-2-4-12(13)15(18)17-14/h6-9,12,14H,2-5H2,1H3,(H,17,18)/t12?,14-/m0/s1. The maximum Gasteiger partial charge on any atom is 0.230 e. The van der Waals surface area contributed by atoms with Crippen LogP contribution < -0.4 is 10.1 Å². The fourth-order valence-corrected chi connectivity index (χ4v) is 2.81. The lowest BCUT2D eigenvalue weighted by Gasteiger charge is -2.31. The van der Waals surface area contributed by atoms with Gasteiger partial charge in [0.05, 0.1) is 13.0 Å². The number of nitrogens with one attached hydrogen (secondary N) is 1. The van der Waals surface area contributed by atoms with Crippen LogP contribution in [0.4, 0.5) is 0 Å². The van der Waals surface area contributed by atoms with Gasteiger partial charge in [-0.05, 0) is 37.0 Å². The van der Waals surface area contributed by atoms with E-state index < -0.39 is 0 Å². The zero-order valence-corrected chi connectivity index (χ0v) is 11.1. The molecule has 0 bridgehead atoms. The van der Waals surface area contributed by atoms with E-state index in [1.807, 2.05) is 24.3 Å². The van der Waals surface area contributed by atoms with E-state index in [2.05, 4.69) is 5.32 Å². The number of hydrogen-bond acceptors (Lipinski definition) is 3. The lowest BCUT2D eigenvalue weighted by molar-refractivity contribution is -0.124. The molecule has 2 atom stereocenters. The van der Waals surface area contributed by atoms with Gasteiger partial charge in [0.15, 0.2) is 0 Å². The molecule has 1 aromatic carbocycles. The first-order valence-corrected chi connectivity index (χ1v) is 6.79. The molecule has 4 nitrogen and oxygen atoms in total. The van der Waals surface area contributed by atoms with Gasteiger partial charge in [0.1, 0.15) is 11.9 Å². The van der Waals surface area contributed by atoms with E-state index in [9.17, 15) is 4.79 Å². The molecule has 19 heavy (non-hydrogen) atoms. The number of rotatable bonds is 2. The second-order valence-electron chi connectivity index (χ2n) is 5.10. The van der Waals surface area contributed by atoms with Crippen molar-refractivity contribution in [1.82, 2.24) is 5.32 Å². The average Bonchev–Trinajstić information content (AvgIpc) is 2.47. The van der Waals surface area contributed by atoms with Crippen LogP contribution in [0.25, 0.3) is 0 Å². The molecule has 4 heteroatoms. The third kappa shape index (κ3) is 2.35. The van der Waals surface area contributed by atoms with Crippen LogP contribution >= 0.6 is 0 Å². The van der Waals surface area contributed by atoms with Crippen molar-refractivity contribution < 1.29 is 9.53 Å². The molecule has 0 saturated heterocycles. The number of amides is 1. The van der Waals surface area contributed by atoms with Gasteiger partial charge < -0.3 is 10.1 Å². The van der Waals surface area contributed by atoms with Crippen LogP contribution in [0.3, 0.4) is 0 Å². The van der Waals surface area contributed by atoms with Gasteiger partial charge in [-0.2, -0.15) is 0 Å². The van der Waals surface area contributed by atoms with Gasteiger partial charge in [-0.3, -0.25) is 9.79 Å². The molecule has 1 N–H and O–H groups in total. The quantitative estimate of drug-likeness (QED) is 0.885. The fraction of sp³-hybridized carbons (Fsp3) is 0.467. The zero-order chi connectivity index (χ0) is 13.2. The number of hydrogen-bond donors (Lipinski definition) is 1. The van der Waals surface area contributed by atoms with Crippen LogP contribution in [0.1, 0.15) is 37.4 Å². The lowest BCUT2D eigenvalue weighted by Crippen LogP contribution is -2.43. The molecule has 2 aliphatic rings. The Morgan fingerprint density at radius 2 is 2.05 bits per heavy atom. The van der Waals surface area contributed by atoms with Gasteiger partial charge >= 0.3 is 0 Å². The van der Waals surface area contributed by atoms with Crippen molar-refractivity contribution in [1.29, 1.82) is 0 Å². The van der Waals surface area contributed by atoms with E-state index in [1.165, 1.54) is 0 Å². The number of benzene rings is 1. The maximum atomic E-state index is 12.1. The summed E-state index contributed by atoms with van der Waals surface area (Å²) >= 11 is 0. The summed E-state index contributed by atoms with van der Waals surface area (Å²) in [6.07, 6.45) is 3.95. The van der Waals surface area contributed by atoms with Crippen LogP contribution in [0, 0.1) is 5.92 Å². The van der Waals surface area contributed by atoms with Crippen LogP contribution in [0.5, 0.6) is 5.75 Å². The number of fused-ring (bicyclic) bond motifs is 1. The Bertz CT molecular complexity index is 507. The van der Waals surface area contributed by atoms with Gasteiger partial charge in [-0.25, -0.2) is 0 Å². The molecule has 1 heterocycles. The van der Waals surface area contributed by atoms with Gasteiger partial charge in [0.2, 0.25) is 5.91 Å². The molecule has 1 amide bonds. The van der Waals surface area contributed by atoms with E-state index in [0.29, 0.717) is 0 Å². The monoisotopic (exact) mass is 258 g/mol. The van der Waals surface area contributed by atoms with Crippen molar-refractivity contribution in [2.45, 2.75) is 31.8 Å². The predicted molar refractivity (Wildman–Crippen MR) is 73.3 cm³/mol. The zero-order valence-electron chi connectivity index (χ0n) is 11.1. The first-order valence-electron chi connectivity index (χ1n) is 6.79. The Hall–Kier alpha value is -1.84. The van der Waals surface area contributed by atoms with Crippen LogP contribution in [-0.2, 0) is 4.79 Å². The van der Waals surface area contributed by atoms with Crippen molar-refractivity contribution in [2.75, 3.05) is 7.11 Å². The minimum atomic E-state index is -0.234. The maximum absolute atomic E-state index is 12.1. The predicted octanol–water partition coefficient (Wildman–Crippen LogP) is 2.45. The van der Waals surface area contributed by atoms with Crippen molar-refractivity contribution >= 4 is 11.6 Å². The van der Waals surface area contributed by atoms with Gasteiger partial charge in [-0.1, -0.05) is 18.6 Å². The highest BCUT2D eigenvalue weighted by molar-refractivity contribution is 6.06. The second kappa shape index (κ2) is 5.03. The Morgan fingerprint density at radius 3 is 2.79 bits per heavy atom. The third-order valence-electron chi connectivity index (χ3n) is 3.90. The van der Waals surface area contributed by atoms with Gasteiger partial charge in [0, 0.05) is 5.71 Å².